The average molecular weight is 447 g/mol. The number of carbonyl (C=O) groups is 2. The molecule has 1 fully saturated rings. The number of nitrogens with zero attached hydrogens (tertiary/aromatic N) is 2. The third-order valence-corrected chi connectivity index (χ3v) is 5.44. The van der Waals surface area contributed by atoms with E-state index in [9.17, 15) is 9.59 Å². The van der Waals surface area contributed by atoms with Crippen molar-refractivity contribution >= 4 is 23.2 Å². The highest BCUT2D eigenvalue weighted by Gasteiger charge is 2.35. The molecule has 1 atom stereocenters. The van der Waals surface area contributed by atoms with E-state index in [0.29, 0.717) is 41.8 Å². The van der Waals surface area contributed by atoms with E-state index in [0.717, 1.165) is 5.56 Å². The van der Waals surface area contributed by atoms with Crippen LogP contribution in [-0.2, 0) is 16.2 Å². The number of aromatic nitrogens is 1. The topological polar surface area (TPSA) is 90.0 Å². The van der Waals surface area contributed by atoms with Crippen LogP contribution in [0.25, 0.3) is 0 Å². The van der Waals surface area contributed by atoms with Gasteiger partial charge in [-0.3, -0.25) is 14.6 Å². The van der Waals surface area contributed by atoms with E-state index in [1.165, 1.54) is 0 Å². The van der Waals surface area contributed by atoms with Gasteiger partial charge in [0.2, 0.25) is 11.8 Å². The van der Waals surface area contributed by atoms with Gasteiger partial charge in [-0.25, -0.2) is 0 Å². The predicted octanol–water partition coefficient (Wildman–Crippen LogP) is 3.67. The number of hydrogen-bond acceptors (Lipinski definition) is 6. The van der Waals surface area contributed by atoms with Crippen LogP contribution in [0, 0.1) is 5.92 Å². The van der Waals surface area contributed by atoms with E-state index in [4.69, 9.17) is 14.2 Å². The van der Waals surface area contributed by atoms with Crippen molar-refractivity contribution in [3.05, 3.63) is 72.6 Å². The molecular formula is C25H25N3O5. The second-order valence-corrected chi connectivity index (χ2v) is 7.61. The number of anilines is 2. The molecule has 170 valence electrons. The number of benzene rings is 2. The van der Waals surface area contributed by atoms with E-state index >= 15 is 0 Å². The van der Waals surface area contributed by atoms with Crippen LogP contribution in [0.1, 0.15) is 12.0 Å². The standard InChI is InChI=1S/C25H25N3O5/c1-31-21-5-3-4-20(14-21)28-15-18(12-24(28)29)25(30)27-19-6-7-22(32-2)23(13-19)33-16-17-8-10-26-11-9-17/h3-11,13-14,18H,12,15-16H2,1-2H3,(H,27,30). The van der Waals surface area contributed by atoms with E-state index < -0.39 is 5.92 Å². The third kappa shape index (κ3) is 5.23. The summed E-state index contributed by atoms with van der Waals surface area (Å²) in [7, 11) is 3.13. The minimum Gasteiger partial charge on any atom is -0.497 e. The van der Waals surface area contributed by atoms with Crippen molar-refractivity contribution < 1.29 is 23.8 Å². The normalized spacial score (nSPS) is 15.3. The number of amides is 2. The Morgan fingerprint density at radius 2 is 1.88 bits per heavy atom. The molecule has 2 heterocycles. The Kier molecular flexibility index (Phi) is 6.73. The molecule has 33 heavy (non-hydrogen) atoms. The maximum Gasteiger partial charge on any atom is 0.229 e. The maximum atomic E-state index is 12.9. The fourth-order valence-corrected chi connectivity index (χ4v) is 3.66. The number of methoxy groups -OCH3 is 2. The molecule has 0 radical (unpaired) electrons. The van der Waals surface area contributed by atoms with Crippen LogP contribution in [0.3, 0.4) is 0 Å². The van der Waals surface area contributed by atoms with Crippen molar-refractivity contribution in [3.63, 3.8) is 0 Å². The number of hydrogen-bond donors (Lipinski definition) is 1. The quantitative estimate of drug-likeness (QED) is 0.567. The van der Waals surface area contributed by atoms with E-state index in [1.807, 2.05) is 30.3 Å². The van der Waals surface area contributed by atoms with Crippen molar-refractivity contribution in [2.45, 2.75) is 13.0 Å². The molecule has 0 saturated carbocycles. The summed E-state index contributed by atoms with van der Waals surface area (Å²) >= 11 is 0. The summed E-state index contributed by atoms with van der Waals surface area (Å²) in [6.45, 7) is 0.641. The molecule has 3 aromatic rings. The lowest BCUT2D eigenvalue weighted by molar-refractivity contribution is -0.122. The first-order chi connectivity index (χ1) is 16.1. The van der Waals surface area contributed by atoms with Crippen molar-refractivity contribution in [1.29, 1.82) is 0 Å². The maximum absolute atomic E-state index is 12.9. The van der Waals surface area contributed by atoms with Gasteiger partial charge in [0.15, 0.2) is 11.5 Å². The Morgan fingerprint density at radius 1 is 1.06 bits per heavy atom. The Balaban J connectivity index is 1.43. The number of carbonyl (C=O) groups excluding carboxylic acids is 2. The number of rotatable bonds is 8. The SMILES string of the molecule is COc1cccc(N2CC(C(=O)Nc3ccc(OC)c(OCc4ccncc4)c3)CC2=O)c1. The minimum atomic E-state index is -0.466. The molecule has 1 unspecified atom stereocenters. The Bertz CT molecular complexity index is 1140. The van der Waals surface area contributed by atoms with Crippen molar-refractivity contribution in [3.8, 4) is 17.2 Å². The largest absolute Gasteiger partial charge is 0.497 e. The zero-order valence-corrected chi connectivity index (χ0v) is 18.5. The molecule has 4 rings (SSSR count). The van der Waals surface area contributed by atoms with Crippen LogP contribution in [0.15, 0.2) is 67.0 Å². The van der Waals surface area contributed by atoms with Crippen LogP contribution < -0.4 is 24.4 Å². The Morgan fingerprint density at radius 3 is 2.64 bits per heavy atom. The smallest absolute Gasteiger partial charge is 0.229 e. The van der Waals surface area contributed by atoms with Gasteiger partial charge in [0.1, 0.15) is 12.4 Å². The monoisotopic (exact) mass is 447 g/mol. The van der Waals surface area contributed by atoms with Crippen LogP contribution in [-0.4, -0.2) is 37.6 Å². The molecule has 1 aliphatic rings. The third-order valence-electron chi connectivity index (χ3n) is 5.44. The molecule has 2 aromatic carbocycles. The summed E-state index contributed by atoms with van der Waals surface area (Å²) in [5.41, 5.74) is 2.24. The molecule has 1 aromatic heterocycles. The van der Waals surface area contributed by atoms with Crippen molar-refractivity contribution in [2.24, 2.45) is 5.92 Å². The van der Waals surface area contributed by atoms with Gasteiger partial charge in [-0.05, 0) is 42.0 Å². The summed E-state index contributed by atoms with van der Waals surface area (Å²) in [5, 5.41) is 2.90. The second-order valence-electron chi connectivity index (χ2n) is 7.61. The molecule has 0 bridgehead atoms. The zero-order valence-electron chi connectivity index (χ0n) is 18.5. The lowest BCUT2D eigenvalue weighted by atomic mass is 10.1. The number of pyridine rings is 1. The number of nitrogens with one attached hydrogen (secondary N) is 1. The summed E-state index contributed by atoms with van der Waals surface area (Å²) in [6.07, 6.45) is 3.54. The van der Waals surface area contributed by atoms with Crippen molar-refractivity contribution in [1.82, 2.24) is 4.98 Å². The molecule has 0 spiro atoms. The van der Waals surface area contributed by atoms with E-state index in [1.54, 1.807) is 55.8 Å². The first kappa shape index (κ1) is 22.1. The molecule has 1 N–H and O–H groups in total. The summed E-state index contributed by atoms with van der Waals surface area (Å²) < 4.78 is 16.5. The zero-order chi connectivity index (χ0) is 23.2. The van der Waals surface area contributed by atoms with Crippen LogP contribution in [0.4, 0.5) is 11.4 Å². The van der Waals surface area contributed by atoms with Gasteiger partial charge in [-0.2, -0.15) is 0 Å². The van der Waals surface area contributed by atoms with Crippen LogP contribution in [0.5, 0.6) is 17.2 Å². The summed E-state index contributed by atoms with van der Waals surface area (Å²) in [5.74, 6) is 0.936. The molecule has 1 saturated heterocycles. The summed E-state index contributed by atoms with van der Waals surface area (Å²) in [6, 6.07) is 16.2. The van der Waals surface area contributed by atoms with Crippen LogP contribution >= 0.6 is 0 Å². The van der Waals surface area contributed by atoms with E-state index in [-0.39, 0.29) is 18.2 Å². The Hall–Kier alpha value is -4.07. The van der Waals surface area contributed by atoms with Gasteiger partial charge in [0.05, 0.1) is 20.1 Å². The fourth-order valence-electron chi connectivity index (χ4n) is 3.66. The fraction of sp³-hybridized carbons (Fsp3) is 0.240. The lowest BCUT2D eigenvalue weighted by Crippen LogP contribution is -2.28. The van der Waals surface area contributed by atoms with Gasteiger partial charge < -0.3 is 24.4 Å². The molecular weight excluding hydrogens is 422 g/mol. The first-order valence-electron chi connectivity index (χ1n) is 10.5. The molecule has 0 aliphatic carbocycles. The highest BCUT2D eigenvalue weighted by molar-refractivity contribution is 6.03. The first-order valence-corrected chi connectivity index (χ1v) is 10.5. The van der Waals surface area contributed by atoms with Crippen molar-refractivity contribution in [2.75, 3.05) is 31.0 Å². The van der Waals surface area contributed by atoms with Crippen LogP contribution in [0.2, 0.25) is 0 Å². The molecule has 2 amide bonds. The Labute approximate surface area is 192 Å². The minimum absolute atomic E-state index is 0.0977. The molecule has 8 nitrogen and oxygen atoms in total. The van der Waals surface area contributed by atoms with Gasteiger partial charge in [0, 0.05) is 48.9 Å². The molecule has 1 aliphatic heterocycles. The lowest BCUT2D eigenvalue weighted by Gasteiger charge is -2.18. The average Bonchev–Trinajstić information content (AvgIpc) is 3.25. The van der Waals surface area contributed by atoms with Gasteiger partial charge in [-0.15, -0.1) is 0 Å². The predicted molar refractivity (Wildman–Crippen MR) is 124 cm³/mol. The van der Waals surface area contributed by atoms with Gasteiger partial charge in [-0.1, -0.05) is 6.07 Å². The second kappa shape index (κ2) is 10.0. The number of ether oxygens (including phenoxy) is 3. The summed E-state index contributed by atoms with van der Waals surface area (Å²) in [4.78, 5) is 31.1. The van der Waals surface area contributed by atoms with E-state index in [2.05, 4.69) is 10.3 Å². The highest BCUT2D eigenvalue weighted by atomic mass is 16.5. The van der Waals surface area contributed by atoms with Gasteiger partial charge in [0.25, 0.3) is 0 Å². The molecule has 8 heteroatoms. The highest BCUT2D eigenvalue weighted by Crippen LogP contribution is 2.32. The van der Waals surface area contributed by atoms with Gasteiger partial charge >= 0.3 is 0 Å².